The highest BCUT2D eigenvalue weighted by Gasteiger charge is 2.51. The lowest BCUT2D eigenvalue weighted by Gasteiger charge is -2.26. The van der Waals surface area contributed by atoms with Crippen LogP contribution in [0.25, 0.3) is 11.4 Å². The minimum atomic E-state index is -4.94. The standard InChI is InChI=1S/C35H28N3OPS.ClHO4/c39-33(28-18-8-2-9-19-28)36-26-41-35-34(37-32(38-35)27-16-6-1-7-17-27)40(29-20-10-3-11-21-29,30-22-12-4-13-23-30)31-24-14-5-15-25-31;2-1(3,4)5/h1-25H,26H2,(H-,36,37,38,39);(H,2,3,4,5). The van der Waals surface area contributed by atoms with E-state index in [0.29, 0.717) is 11.4 Å². The molecular formula is C35H29ClN3O5PS. The monoisotopic (exact) mass is 669 g/mol. The van der Waals surface area contributed by atoms with Crippen molar-refractivity contribution in [2.45, 2.75) is 5.03 Å². The van der Waals surface area contributed by atoms with E-state index in [-0.39, 0.29) is 5.91 Å². The highest BCUT2D eigenvalue weighted by atomic mass is 35.7. The molecule has 0 saturated carbocycles. The zero-order valence-corrected chi connectivity index (χ0v) is 26.8. The van der Waals surface area contributed by atoms with Crippen LogP contribution in [0.2, 0.25) is 0 Å². The van der Waals surface area contributed by atoms with Crippen molar-refractivity contribution in [3.63, 3.8) is 0 Å². The van der Waals surface area contributed by atoms with Crippen LogP contribution in [0.5, 0.6) is 0 Å². The number of carbonyl (C=O) groups is 1. The summed E-state index contributed by atoms with van der Waals surface area (Å²) in [7, 11) is -7.36. The fraction of sp³-hybridized carbons (Fsp3) is 0.0286. The quantitative estimate of drug-likeness (QED) is 0.134. The van der Waals surface area contributed by atoms with Gasteiger partial charge in [0.15, 0.2) is 12.3 Å². The van der Waals surface area contributed by atoms with Gasteiger partial charge in [0.05, 0.1) is 5.88 Å². The van der Waals surface area contributed by atoms with E-state index in [1.165, 1.54) is 15.9 Å². The molecule has 0 aliphatic rings. The van der Waals surface area contributed by atoms with E-state index in [1.807, 2.05) is 48.5 Å². The SMILES string of the molecule is O=C(NCSc1nc(-c2ccccc2)[nH]c1[P+](c1ccccc1)(c1ccccc1)c1ccccc1)c1ccccc1.[O-][Cl+3]([O-])([O-])[O-]. The summed E-state index contributed by atoms with van der Waals surface area (Å²) >= 11 is 1.55. The number of halogens is 1. The van der Waals surface area contributed by atoms with Crippen LogP contribution in [-0.2, 0) is 0 Å². The Labute approximate surface area is 273 Å². The van der Waals surface area contributed by atoms with Crippen molar-refractivity contribution in [2.75, 3.05) is 5.88 Å². The van der Waals surface area contributed by atoms with Crippen LogP contribution < -0.4 is 45.3 Å². The Morgan fingerprint density at radius 1 is 0.652 bits per heavy atom. The van der Waals surface area contributed by atoms with Crippen LogP contribution in [-0.4, -0.2) is 21.8 Å². The van der Waals surface area contributed by atoms with E-state index in [4.69, 9.17) is 23.6 Å². The second-order valence-electron chi connectivity index (χ2n) is 9.82. The summed E-state index contributed by atoms with van der Waals surface area (Å²) in [4.78, 5) is 21.8. The maximum Gasteiger partial charge on any atom is 0.251 e. The summed E-state index contributed by atoms with van der Waals surface area (Å²) in [6.07, 6.45) is 0. The van der Waals surface area contributed by atoms with E-state index in [0.717, 1.165) is 21.8 Å². The van der Waals surface area contributed by atoms with Crippen molar-refractivity contribution < 1.29 is 33.7 Å². The third kappa shape index (κ3) is 8.09. The number of benzene rings is 5. The maximum absolute atomic E-state index is 12.9. The number of H-pyrrole nitrogens is 1. The maximum atomic E-state index is 12.9. The first kappa shape index (κ1) is 33.1. The normalized spacial score (nSPS) is 11.3. The zero-order valence-electron chi connectivity index (χ0n) is 24.4. The molecular weight excluding hydrogens is 641 g/mol. The average molecular weight is 670 g/mol. The molecule has 2 N–H and O–H groups in total. The Balaban J connectivity index is 0.000000775. The lowest BCUT2D eigenvalue weighted by Crippen LogP contribution is -2.68. The van der Waals surface area contributed by atoms with Gasteiger partial charge in [0.25, 0.3) is 5.91 Å². The average Bonchev–Trinajstić information content (AvgIpc) is 3.51. The zero-order chi connectivity index (χ0) is 32.4. The molecule has 0 atom stereocenters. The van der Waals surface area contributed by atoms with Crippen molar-refractivity contribution in [3.8, 4) is 11.4 Å². The first-order chi connectivity index (χ1) is 22.3. The van der Waals surface area contributed by atoms with Gasteiger partial charge in [-0.05, 0) is 48.5 Å². The molecule has 0 radical (unpaired) electrons. The number of carbonyl (C=O) groups excluding carboxylic acids is 1. The molecule has 46 heavy (non-hydrogen) atoms. The highest BCUT2D eigenvalue weighted by molar-refractivity contribution is 8.04. The number of nitrogens with zero attached hydrogens (tertiary/aromatic N) is 1. The number of nitrogens with one attached hydrogen (secondary N) is 2. The van der Waals surface area contributed by atoms with Gasteiger partial charge in [0.2, 0.25) is 5.44 Å². The molecule has 0 aliphatic carbocycles. The molecule has 0 saturated heterocycles. The molecule has 232 valence electrons. The Bertz CT molecular complexity index is 1720. The predicted octanol–water partition coefficient (Wildman–Crippen LogP) is 1.42. The minimum absolute atomic E-state index is 0.103. The van der Waals surface area contributed by atoms with Gasteiger partial charge in [-0.3, -0.25) is 4.79 Å². The molecule has 0 fully saturated rings. The van der Waals surface area contributed by atoms with Crippen LogP contribution in [0.4, 0.5) is 0 Å². The molecule has 8 nitrogen and oxygen atoms in total. The number of amides is 1. The predicted molar refractivity (Wildman–Crippen MR) is 173 cm³/mol. The molecule has 0 aliphatic heterocycles. The van der Waals surface area contributed by atoms with Gasteiger partial charge in [-0.1, -0.05) is 115 Å². The Hall–Kier alpha value is -4.31. The number of hydrogen-bond donors (Lipinski definition) is 2. The van der Waals surface area contributed by atoms with E-state index >= 15 is 0 Å². The first-order valence-corrected chi connectivity index (χ1v) is 18.1. The second kappa shape index (κ2) is 15.3. The number of aromatic nitrogens is 2. The Morgan fingerprint density at radius 3 is 1.48 bits per heavy atom. The lowest BCUT2D eigenvalue weighted by molar-refractivity contribution is -2.00. The third-order valence-corrected chi connectivity index (χ3v) is 12.2. The van der Waals surface area contributed by atoms with Gasteiger partial charge in [-0.15, -0.1) is 10.2 Å². The van der Waals surface area contributed by atoms with Crippen LogP contribution in [0.1, 0.15) is 10.4 Å². The summed E-state index contributed by atoms with van der Waals surface area (Å²) in [5, 5.41) is 7.65. The van der Waals surface area contributed by atoms with Crippen LogP contribution >= 0.6 is 19.0 Å². The molecule has 1 heterocycles. The van der Waals surface area contributed by atoms with E-state index in [9.17, 15) is 4.79 Å². The Morgan fingerprint density at radius 2 is 1.04 bits per heavy atom. The van der Waals surface area contributed by atoms with Crippen LogP contribution in [0, 0.1) is 10.2 Å². The number of rotatable bonds is 9. The largest absolute Gasteiger partial charge is 0.343 e. The summed E-state index contributed by atoms with van der Waals surface area (Å²) in [6, 6.07) is 51.7. The highest BCUT2D eigenvalue weighted by Crippen LogP contribution is 2.55. The number of aromatic amines is 1. The molecule has 0 bridgehead atoms. The first-order valence-electron chi connectivity index (χ1n) is 14.1. The number of thioether (sulfide) groups is 1. The second-order valence-corrected chi connectivity index (χ2v) is 14.9. The Kier molecular flexibility index (Phi) is 11.0. The summed E-state index contributed by atoms with van der Waals surface area (Å²) < 4.78 is 34.0. The van der Waals surface area contributed by atoms with Crippen molar-refractivity contribution in [3.05, 3.63) is 157 Å². The fourth-order valence-corrected chi connectivity index (χ4v) is 10.5. The summed E-state index contributed by atoms with van der Waals surface area (Å²) in [6.45, 7) is 0. The van der Waals surface area contributed by atoms with Gasteiger partial charge in [0.1, 0.15) is 21.7 Å². The molecule has 5 aromatic carbocycles. The van der Waals surface area contributed by atoms with Crippen molar-refractivity contribution in [2.24, 2.45) is 0 Å². The van der Waals surface area contributed by atoms with Gasteiger partial charge >= 0.3 is 0 Å². The van der Waals surface area contributed by atoms with Gasteiger partial charge in [-0.25, -0.2) is 23.6 Å². The van der Waals surface area contributed by atoms with Crippen molar-refractivity contribution >= 4 is 46.3 Å². The van der Waals surface area contributed by atoms with Crippen LogP contribution in [0.3, 0.4) is 0 Å². The molecule has 1 aromatic heterocycles. The molecule has 11 heteroatoms. The van der Waals surface area contributed by atoms with E-state index < -0.39 is 17.5 Å². The van der Waals surface area contributed by atoms with E-state index in [2.05, 4.69) is 113 Å². The van der Waals surface area contributed by atoms with Gasteiger partial charge < -0.3 is 10.3 Å². The lowest BCUT2D eigenvalue weighted by atomic mass is 10.2. The smallest absolute Gasteiger partial charge is 0.251 e. The number of imidazole rings is 1. The van der Waals surface area contributed by atoms with Gasteiger partial charge in [-0.2, -0.15) is 0 Å². The molecule has 0 spiro atoms. The molecule has 1 amide bonds. The summed E-state index contributed by atoms with van der Waals surface area (Å²) in [5.74, 6) is 1.09. The van der Waals surface area contributed by atoms with Crippen LogP contribution in [0.15, 0.2) is 157 Å². The fourth-order valence-electron chi connectivity index (χ4n) is 5.06. The van der Waals surface area contributed by atoms with E-state index in [1.54, 1.807) is 11.8 Å². The molecule has 6 rings (SSSR count). The van der Waals surface area contributed by atoms with Crippen molar-refractivity contribution in [1.82, 2.24) is 15.3 Å². The topological polar surface area (TPSA) is 150 Å². The molecule has 6 aromatic rings. The third-order valence-electron chi connectivity index (χ3n) is 6.94. The minimum Gasteiger partial charge on any atom is -0.343 e. The molecule has 0 unspecified atom stereocenters. The summed E-state index contributed by atoms with van der Waals surface area (Å²) in [5.41, 5.74) is 2.72. The van der Waals surface area contributed by atoms with Crippen molar-refractivity contribution in [1.29, 1.82) is 0 Å². The number of hydrogen-bond acceptors (Lipinski definition) is 7. The van der Waals surface area contributed by atoms with Gasteiger partial charge in [0, 0.05) is 11.1 Å².